The number of aromatic nitrogens is 2. The highest BCUT2D eigenvalue weighted by Crippen LogP contribution is 2.49. The number of carbonyl (C=O) groups is 2. The van der Waals surface area contributed by atoms with Gasteiger partial charge in [0.05, 0.1) is 27.1 Å². The van der Waals surface area contributed by atoms with Gasteiger partial charge in [0, 0.05) is 12.4 Å². The van der Waals surface area contributed by atoms with Crippen molar-refractivity contribution >= 4 is 34.7 Å². The maximum atomic E-state index is 11.8. The van der Waals surface area contributed by atoms with E-state index >= 15 is 0 Å². The van der Waals surface area contributed by atoms with Gasteiger partial charge in [-0.25, -0.2) is 4.37 Å². The SMILES string of the molecule is C.NC(=O)c1cncc(Oc2sc(C(N)=O)c3c2-c2sncc2CC3)c1. The molecule has 0 aromatic carbocycles. The first-order valence-corrected chi connectivity index (χ1v) is 8.95. The van der Waals surface area contributed by atoms with Crippen LogP contribution in [0, 0.1) is 0 Å². The first-order valence-electron chi connectivity index (χ1n) is 7.36. The molecule has 0 atom stereocenters. The summed E-state index contributed by atoms with van der Waals surface area (Å²) in [7, 11) is 0. The number of aryl methyl sites for hydroxylation is 1. The third kappa shape index (κ3) is 2.95. The van der Waals surface area contributed by atoms with E-state index in [0.717, 1.165) is 28.0 Å². The zero-order chi connectivity index (χ0) is 17.6. The van der Waals surface area contributed by atoms with Gasteiger partial charge < -0.3 is 16.2 Å². The number of amides is 2. The summed E-state index contributed by atoms with van der Waals surface area (Å²) in [5.41, 5.74) is 13.9. The molecule has 3 aromatic rings. The van der Waals surface area contributed by atoms with Crippen molar-refractivity contribution in [3.63, 3.8) is 0 Å². The molecule has 3 heterocycles. The quantitative estimate of drug-likeness (QED) is 0.711. The van der Waals surface area contributed by atoms with Crippen molar-refractivity contribution in [2.24, 2.45) is 11.5 Å². The highest BCUT2D eigenvalue weighted by Gasteiger charge is 2.30. The minimum absolute atomic E-state index is 0. The maximum absolute atomic E-state index is 11.8. The van der Waals surface area contributed by atoms with E-state index in [2.05, 4.69) is 9.36 Å². The number of nitrogens with two attached hydrogens (primary N) is 2. The molecule has 0 aliphatic heterocycles. The molecule has 4 rings (SSSR count). The third-order valence-corrected chi connectivity index (χ3v) is 5.91. The second-order valence-electron chi connectivity index (χ2n) is 5.49. The highest BCUT2D eigenvalue weighted by molar-refractivity contribution is 7.17. The Balaban J connectivity index is 0.00000196. The van der Waals surface area contributed by atoms with Gasteiger partial charge in [0.1, 0.15) is 5.75 Å². The number of primary amides is 2. The third-order valence-electron chi connectivity index (χ3n) is 3.92. The summed E-state index contributed by atoms with van der Waals surface area (Å²) in [6.45, 7) is 0. The van der Waals surface area contributed by atoms with E-state index in [1.165, 1.54) is 41.3 Å². The minimum atomic E-state index is -0.589. The molecule has 0 saturated heterocycles. The van der Waals surface area contributed by atoms with Crippen LogP contribution in [0.2, 0.25) is 0 Å². The predicted octanol–water partition coefficient (Wildman–Crippen LogP) is 2.99. The molecule has 2 amide bonds. The Labute approximate surface area is 157 Å². The fraction of sp³-hybridized carbons (Fsp3) is 0.176. The lowest BCUT2D eigenvalue weighted by Crippen LogP contribution is -2.13. The minimum Gasteiger partial charge on any atom is -0.444 e. The summed E-state index contributed by atoms with van der Waals surface area (Å²) < 4.78 is 10.2. The van der Waals surface area contributed by atoms with Crippen LogP contribution in [0.4, 0.5) is 0 Å². The Morgan fingerprint density at radius 3 is 2.65 bits per heavy atom. The summed E-state index contributed by atoms with van der Waals surface area (Å²) in [5.74, 6) is -0.699. The highest BCUT2D eigenvalue weighted by atomic mass is 32.1. The molecular formula is C17H16N4O3S2. The van der Waals surface area contributed by atoms with E-state index in [1.807, 2.05) is 6.20 Å². The number of hydrogen-bond acceptors (Lipinski definition) is 7. The van der Waals surface area contributed by atoms with Crippen molar-refractivity contribution in [1.82, 2.24) is 9.36 Å². The van der Waals surface area contributed by atoms with Crippen LogP contribution in [0.25, 0.3) is 10.4 Å². The van der Waals surface area contributed by atoms with Crippen LogP contribution in [-0.2, 0) is 12.8 Å². The van der Waals surface area contributed by atoms with Gasteiger partial charge >= 0.3 is 0 Å². The van der Waals surface area contributed by atoms with Crippen LogP contribution >= 0.6 is 22.9 Å². The van der Waals surface area contributed by atoms with Crippen LogP contribution in [0.1, 0.15) is 38.6 Å². The number of carbonyl (C=O) groups excluding carboxylic acids is 2. The molecule has 4 N–H and O–H groups in total. The molecule has 9 heteroatoms. The van der Waals surface area contributed by atoms with E-state index in [4.69, 9.17) is 16.2 Å². The normalized spacial score (nSPS) is 11.8. The van der Waals surface area contributed by atoms with Crippen LogP contribution in [0.5, 0.6) is 10.8 Å². The number of ether oxygens (including phenoxy) is 1. The smallest absolute Gasteiger partial charge is 0.259 e. The van der Waals surface area contributed by atoms with Crippen LogP contribution < -0.4 is 16.2 Å². The van der Waals surface area contributed by atoms with Gasteiger partial charge in [-0.1, -0.05) is 18.8 Å². The van der Waals surface area contributed by atoms with Crippen molar-refractivity contribution in [1.29, 1.82) is 0 Å². The first kappa shape index (κ1) is 18.0. The van der Waals surface area contributed by atoms with E-state index < -0.39 is 11.8 Å². The van der Waals surface area contributed by atoms with E-state index in [9.17, 15) is 9.59 Å². The zero-order valence-electron chi connectivity index (χ0n) is 12.8. The summed E-state index contributed by atoms with van der Waals surface area (Å²) in [5, 5.41) is 0.539. The van der Waals surface area contributed by atoms with Crippen molar-refractivity contribution in [3.8, 4) is 21.3 Å². The lowest BCUT2D eigenvalue weighted by Gasteiger charge is -2.14. The summed E-state index contributed by atoms with van der Waals surface area (Å²) in [6, 6.07) is 1.52. The van der Waals surface area contributed by atoms with Crippen molar-refractivity contribution < 1.29 is 14.3 Å². The Bertz CT molecular complexity index is 1010. The molecular weight excluding hydrogens is 372 g/mol. The summed E-state index contributed by atoms with van der Waals surface area (Å²) in [6.07, 6.45) is 6.21. The molecule has 0 fully saturated rings. The Morgan fingerprint density at radius 2 is 1.92 bits per heavy atom. The summed E-state index contributed by atoms with van der Waals surface area (Å²) >= 11 is 2.56. The van der Waals surface area contributed by atoms with Gasteiger partial charge in [-0.05, 0) is 41.6 Å². The van der Waals surface area contributed by atoms with Gasteiger partial charge in [0.2, 0.25) is 5.91 Å². The van der Waals surface area contributed by atoms with E-state index in [0.29, 0.717) is 22.1 Å². The first-order chi connectivity index (χ1) is 12.0. The number of fused-ring (bicyclic) bond motifs is 3. The van der Waals surface area contributed by atoms with Crippen molar-refractivity contribution in [3.05, 3.63) is 46.2 Å². The van der Waals surface area contributed by atoms with Gasteiger partial charge in [0.15, 0.2) is 5.06 Å². The van der Waals surface area contributed by atoms with Crippen LogP contribution in [0.3, 0.4) is 0 Å². The number of pyridine rings is 1. The molecule has 0 bridgehead atoms. The monoisotopic (exact) mass is 388 g/mol. The van der Waals surface area contributed by atoms with Crippen molar-refractivity contribution in [2.45, 2.75) is 20.3 Å². The largest absolute Gasteiger partial charge is 0.444 e. The fourth-order valence-corrected chi connectivity index (χ4v) is 4.81. The second kappa shape index (κ2) is 6.85. The number of rotatable bonds is 4. The molecule has 26 heavy (non-hydrogen) atoms. The zero-order valence-corrected chi connectivity index (χ0v) is 14.4. The molecule has 0 unspecified atom stereocenters. The van der Waals surface area contributed by atoms with Crippen LogP contribution in [-0.4, -0.2) is 21.2 Å². The number of nitrogens with zero attached hydrogens (tertiary/aromatic N) is 2. The fourth-order valence-electron chi connectivity index (χ4n) is 2.80. The molecule has 3 aromatic heterocycles. The van der Waals surface area contributed by atoms with E-state index in [-0.39, 0.29) is 13.0 Å². The molecule has 1 aliphatic rings. The lowest BCUT2D eigenvalue weighted by atomic mass is 9.93. The number of hydrogen-bond donors (Lipinski definition) is 2. The van der Waals surface area contributed by atoms with Crippen molar-refractivity contribution in [2.75, 3.05) is 0 Å². The molecule has 0 radical (unpaired) electrons. The van der Waals surface area contributed by atoms with Crippen LogP contribution in [0.15, 0.2) is 24.7 Å². The summed E-state index contributed by atoms with van der Waals surface area (Å²) in [4.78, 5) is 28.6. The van der Waals surface area contributed by atoms with Gasteiger partial charge in [-0.2, -0.15) is 0 Å². The molecule has 0 spiro atoms. The second-order valence-corrected chi connectivity index (χ2v) is 7.28. The average molecular weight is 388 g/mol. The predicted molar refractivity (Wildman–Crippen MR) is 101 cm³/mol. The Kier molecular flexibility index (Phi) is 4.75. The average Bonchev–Trinajstić information content (AvgIpc) is 3.19. The lowest BCUT2D eigenvalue weighted by molar-refractivity contribution is 0.0993. The Morgan fingerprint density at radius 1 is 1.12 bits per heavy atom. The molecule has 134 valence electrons. The van der Waals surface area contributed by atoms with Gasteiger partial charge in [0.25, 0.3) is 5.91 Å². The standard InChI is InChI=1S/C16H12N4O3S2.CH4/c17-14(21)8-3-9(6-19-4-8)23-16-11-10(13(24-16)15(18)22)2-1-7-5-20-25-12(7)11;/h3-6H,1-2H2,(H2,17,21)(H2,18,22);1H4. The molecule has 0 saturated carbocycles. The van der Waals surface area contributed by atoms with E-state index in [1.54, 1.807) is 0 Å². The molecule has 1 aliphatic carbocycles. The number of thiophene rings is 1. The maximum Gasteiger partial charge on any atom is 0.259 e. The Hall–Kier alpha value is -2.78. The topological polar surface area (TPSA) is 121 Å². The molecule has 7 nitrogen and oxygen atoms in total. The van der Waals surface area contributed by atoms with Gasteiger partial charge in [-0.3, -0.25) is 14.6 Å². The van der Waals surface area contributed by atoms with Gasteiger partial charge in [-0.15, -0.1) is 0 Å².